The molecule has 1 heterocycles. The number of hydrogen-bond donors (Lipinski definition) is 0. The minimum atomic E-state index is -0.728. The lowest BCUT2D eigenvalue weighted by molar-refractivity contribution is -0.156. The van der Waals surface area contributed by atoms with E-state index in [1.54, 1.807) is 19.2 Å². The summed E-state index contributed by atoms with van der Waals surface area (Å²) in [5.41, 5.74) is 0.832. The van der Waals surface area contributed by atoms with Crippen LogP contribution in [0, 0.1) is 5.82 Å². The number of methoxy groups -OCH3 is 1. The van der Waals surface area contributed by atoms with Crippen molar-refractivity contribution in [3.63, 3.8) is 0 Å². The number of benzene rings is 2. The van der Waals surface area contributed by atoms with Gasteiger partial charge in [0.1, 0.15) is 30.4 Å². The van der Waals surface area contributed by atoms with Crippen LogP contribution >= 0.6 is 0 Å². The van der Waals surface area contributed by atoms with Crippen LogP contribution in [0.15, 0.2) is 48.5 Å². The summed E-state index contributed by atoms with van der Waals surface area (Å²) in [5, 5.41) is 0. The Bertz CT molecular complexity index is 787. The molecule has 0 amide bonds. The van der Waals surface area contributed by atoms with Crippen LogP contribution in [0.25, 0.3) is 0 Å². The van der Waals surface area contributed by atoms with E-state index in [4.69, 9.17) is 18.9 Å². The van der Waals surface area contributed by atoms with Crippen LogP contribution < -0.4 is 4.74 Å². The summed E-state index contributed by atoms with van der Waals surface area (Å²) in [6.07, 6.45) is -0.921. The Morgan fingerprint density at radius 1 is 1.22 bits per heavy atom. The van der Waals surface area contributed by atoms with Gasteiger partial charge in [0.25, 0.3) is 0 Å². The van der Waals surface area contributed by atoms with Crippen molar-refractivity contribution in [2.24, 2.45) is 0 Å². The van der Waals surface area contributed by atoms with Crippen LogP contribution in [-0.4, -0.2) is 38.0 Å². The van der Waals surface area contributed by atoms with Crippen LogP contribution in [0.5, 0.6) is 5.75 Å². The highest BCUT2D eigenvalue weighted by molar-refractivity contribution is 5.97. The molecule has 0 saturated carbocycles. The molecule has 0 aliphatic carbocycles. The van der Waals surface area contributed by atoms with E-state index in [1.165, 1.54) is 12.1 Å². The fourth-order valence-electron chi connectivity index (χ4n) is 3.01. The maximum atomic E-state index is 13.8. The SMILES string of the molecule is COc1ccc([C@@H](OCC(=O)c2ccccc2F)[C@H]2COC(C)(C)O2)cc1. The second-order valence-electron chi connectivity index (χ2n) is 6.77. The first-order valence-corrected chi connectivity index (χ1v) is 8.75. The standard InChI is InChI=1S/C21H23FO5/c1-21(2)26-13-19(27-21)20(14-8-10-15(24-3)11-9-14)25-12-18(23)16-6-4-5-7-17(16)22/h4-11,19-20H,12-13H2,1-3H3/t19-,20-/m1/s1. The quantitative estimate of drug-likeness (QED) is 0.688. The molecule has 2 aromatic carbocycles. The van der Waals surface area contributed by atoms with E-state index in [0.29, 0.717) is 12.4 Å². The predicted octanol–water partition coefficient (Wildman–Crippen LogP) is 3.93. The van der Waals surface area contributed by atoms with Gasteiger partial charge in [-0.15, -0.1) is 0 Å². The van der Waals surface area contributed by atoms with Crippen molar-refractivity contribution < 1.29 is 28.1 Å². The number of carbonyl (C=O) groups excluding carboxylic acids is 1. The summed E-state index contributed by atoms with van der Waals surface area (Å²) in [4.78, 5) is 12.4. The maximum absolute atomic E-state index is 13.8. The Kier molecular flexibility index (Phi) is 5.89. The maximum Gasteiger partial charge on any atom is 0.191 e. The van der Waals surface area contributed by atoms with Gasteiger partial charge in [-0.25, -0.2) is 4.39 Å². The first kappa shape index (κ1) is 19.5. The highest BCUT2D eigenvalue weighted by Gasteiger charge is 2.39. The third kappa shape index (κ3) is 4.71. The first-order valence-electron chi connectivity index (χ1n) is 8.75. The molecule has 1 saturated heterocycles. The van der Waals surface area contributed by atoms with Gasteiger partial charge in [0, 0.05) is 0 Å². The zero-order chi connectivity index (χ0) is 19.4. The topological polar surface area (TPSA) is 54.0 Å². The molecule has 1 aliphatic heterocycles. The normalized spacial score (nSPS) is 19.6. The third-order valence-corrected chi connectivity index (χ3v) is 4.38. The molecule has 1 fully saturated rings. The van der Waals surface area contributed by atoms with Crippen molar-refractivity contribution in [1.82, 2.24) is 0 Å². The largest absolute Gasteiger partial charge is 0.497 e. The number of ether oxygens (including phenoxy) is 4. The minimum absolute atomic E-state index is 0.00917. The predicted molar refractivity (Wildman–Crippen MR) is 97.3 cm³/mol. The summed E-state index contributed by atoms with van der Waals surface area (Å²) in [6.45, 7) is 3.71. The van der Waals surface area contributed by atoms with Gasteiger partial charge in [-0.1, -0.05) is 24.3 Å². The van der Waals surface area contributed by atoms with Crippen molar-refractivity contribution in [3.05, 3.63) is 65.5 Å². The molecule has 2 aromatic rings. The summed E-state index contributed by atoms with van der Waals surface area (Å²) in [7, 11) is 1.59. The van der Waals surface area contributed by atoms with Gasteiger partial charge in [-0.2, -0.15) is 0 Å². The number of Topliss-reactive ketones (excluding diaryl/α,β-unsaturated/α-hetero) is 1. The van der Waals surface area contributed by atoms with E-state index in [2.05, 4.69) is 0 Å². The zero-order valence-corrected chi connectivity index (χ0v) is 15.6. The average Bonchev–Trinajstić information content (AvgIpc) is 3.02. The van der Waals surface area contributed by atoms with E-state index in [-0.39, 0.29) is 18.3 Å². The van der Waals surface area contributed by atoms with Gasteiger partial charge in [0.2, 0.25) is 0 Å². The Hall–Kier alpha value is -2.28. The smallest absolute Gasteiger partial charge is 0.191 e. The number of hydrogen-bond acceptors (Lipinski definition) is 5. The van der Waals surface area contributed by atoms with E-state index in [0.717, 1.165) is 5.56 Å². The number of halogens is 1. The fourth-order valence-corrected chi connectivity index (χ4v) is 3.01. The van der Waals surface area contributed by atoms with Crippen LogP contribution in [0.2, 0.25) is 0 Å². The van der Waals surface area contributed by atoms with Crippen LogP contribution in [0.3, 0.4) is 0 Å². The molecule has 2 atom stereocenters. The van der Waals surface area contributed by atoms with E-state index in [1.807, 2.05) is 38.1 Å². The average molecular weight is 374 g/mol. The lowest BCUT2D eigenvalue weighted by atomic mass is 10.0. The van der Waals surface area contributed by atoms with Gasteiger partial charge in [0.05, 0.1) is 19.3 Å². The van der Waals surface area contributed by atoms with Gasteiger partial charge in [0.15, 0.2) is 11.6 Å². The van der Waals surface area contributed by atoms with Gasteiger partial charge in [-0.05, 0) is 43.7 Å². The summed E-state index contributed by atoms with van der Waals surface area (Å²) in [6, 6.07) is 13.2. The molecular weight excluding hydrogens is 351 g/mol. The van der Waals surface area contributed by atoms with Crippen molar-refractivity contribution in [3.8, 4) is 5.75 Å². The van der Waals surface area contributed by atoms with Crippen molar-refractivity contribution in [2.45, 2.75) is 31.8 Å². The molecule has 1 aliphatic rings. The van der Waals surface area contributed by atoms with E-state index < -0.39 is 23.5 Å². The molecule has 6 heteroatoms. The van der Waals surface area contributed by atoms with Crippen molar-refractivity contribution >= 4 is 5.78 Å². The highest BCUT2D eigenvalue weighted by atomic mass is 19.1. The zero-order valence-electron chi connectivity index (χ0n) is 15.6. The Balaban J connectivity index is 1.77. The molecule has 0 bridgehead atoms. The lowest BCUT2D eigenvalue weighted by Gasteiger charge is -2.25. The minimum Gasteiger partial charge on any atom is -0.497 e. The first-order chi connectivity index (χ1) is 12.9. The fraction of sp³-hybridized carbons (Fsp3) is 0.381. The lowest BCUT2D eigenvalue weighted by Crippen LogP contribution is -2.28. The molecule has 0 aromatic heterocycles. The van der Waals surface area contributed by atoms with Gasteiger partial charge in [-0.3, -0.25) is 4.79 Å². The molecular formula is C21H23FO5. The van der Waals surface area contributed by atoms with E-state index in [9.17, 15) is 9.18 Å². The molecule has 144 valence electrons. The summed E-state index contributed by atoms with van der Waals surface area (Å²) in [5.74, 6) is -1.00. The highest BCUT2D eigenvalue weighted by Crippen LogP contribution is 2.33. The Morgan fingerprint density at radius 3 is 2.52 bits per heavy atom. The van der Waals surface area contributed by atoms with Crippen LogP contribution in [0.1, 0.15) is 35.9 Å². The molecule has 0 N–H and O–H groups in total. The monoisotopic (exact) mass is 374 g/mol. The molecule has 0 spiro atoms. The second kappa shape index (κ2) is 8.17. The number of rotatable bonds is 7. The number of ketones is 1. The Labute approximate surface area is 158 Å². The van der Waals surface area contributed by atoms with E-state index >= 15 is 0 Å². The van der Waals surface area contributed by atoms with Crippen molar-refractivity contribution in [2.75, 3.05) is 20.3 Å². The second-order valence-corrected chi connectivity index (χ2v) is 6.77. The van der Waals surface area contributed by atoms with Gasteiger partial charge >= 0.3 is 0 Å². The molecule has 5 nitrogen and oxygen atoms in total. The Morgan fingerprint density at radius 2 is 1.93 bits per heavy atom. The molecule has 3 rings (SSSR count). The third-order valence-electron chi connectivity index (χ3n) is 4.38. The van der Waals surface area contributed by atoms with Crippen LogP contribution in [-0.2, 0) is 14.2 Å². The van der Waals surface area contributed by atoms with Crippen LogP contribution in [0.4, 0.5) is 4.39 Å². The number of carbonyl (C=O) groups is 1. The summed E-state index contributed by atoms with van der Waals surface area (Å²) < 4.78 is 36.5. The molecule has 0 unspecified atom stereocenters. The van der Waals surface area contributed by atoms with Crippen molar-refractivity contribution in [1.29, 1.82) is 0 Å². The molecule has 27 heavy (non-hydrogen) atoms. The molecule has 0 radical (unpaired) electrons. The van der Waals surface area contributed by atoms with Gasteiger partial charge < -0.3 is 18.9 Å². The summed E-state index contributed by atoms with van der Waals surface area (Å²) >= 11 is 0.